The third-order valence-electron chi connectivity index (χ3n) is 1.87. The topological polar surface area (TPSA) is 47.6 Å². The van der Waals surface area contributed by atoms with Gasteiger partial charge in [-0.25, -0.2) is 0 Å². The number of thioether (sulfide) groups is 6. The molecule has 0 N–H and O–H groups in total. The van der Waals surface area contributed by atoms with Gasteiger partial charge in [0.2, 0.25) is 0 Å². The number of nitrogens with zero attached hydrogens (tertiary/aromatic N) is 2. The van der Waals surface area contributed by atoms with Crippen LogP contribution in [0.5, 0.6) is 0 Å². The predicted octanol–water partition coefficient (Wildman–Crippen LogP) is 5.18. The van der Waals surface area contributed by atoms with Crippen LogP contribution in [0.15, 0.2) is 26.8 Å². The van der Waals surface area contributed by atoms with Gasteiger partial charge in [0.1, 0.15) is 21.9 Å². The lowest BCUT2D eigenvalue weighted by atomic mass is 10.5. The first-order chi connectivity index (χ1) is 8.73. The van der Waals surface area contributed by atoms with E-state index in [0.717, 1.165) is 4.24 Å². The maximum atomic E-state index is 8.98. The molecule has 0 saturated carbocycles. The van der Waals surface area contributed by atoms with Gasteiger partial charge in [-0.2, -0.15) is 10.5 Å². The number of rotatable bonds is 2. The van der Waals surface area contributed by atoms with Crippen molar-refractivity contribution in [1.29, 1.82) is 10.5 Å². The summed E-state index contributed by atoms with van der Waals surface area (Å²) in [5, 5.41) is 18.0. The van der Waals surface area contributed by atoms with Crippen LogP contribution in [0.2, 0.25) is 0 Å². The van der Waals surface area contributed by atoms with Crippen LogP contribution in [0.4, 0.5) is 0 Å². The Morgan fingerprint density at radius 2 is 1.17 bits per heavy atom. The van der Waals surface area contributed by atoms with E-state index < -0.39 is 0 Å². The molecule has 0 aliphatic carbocycles. The Balaban J connectivity index is 2.21. The molecule has 0 aromatic heterocycles. The van der Waals surface area contributed by atoms with Gasteiger partial charge in [-0.1, -0.05) is 47.0 Å². The van der Waals surface area contributed by atoms with Gasteiger partial charge in [0, 0.05) is 0 Å². The molecular formula is C10H6N2S6. The summed E-state index contributed by atoms with van der Waals surface area (Å²) in [4.78, 5) is 1.05. The Kier molecular flexibility index (Phi) is 5.43. The highest BCUT2D eigenvalue weighted by Crippen LogP contribution is 2.62. The lowest BCUT2D eigenvalue weighted by Crippen LogP contribution is -1.67. The smallest absolute Gasteiger partial charge is 0.115 e. The van der Waals surface area contributed by atoms with E-state index in [1.165, 1.54) is 36.2 Å². The van der Waals surface area contributed by atoms with Crippen LogP contribution in [-0.4, -0.2) is 12.5 Å². The van der Waals surface area contributed by atoms with Crippen molar-refractivity contribution in [1.82, 2.24) is 0 Å². The van der Waals surface area contributed by atoms with Crippen LogP contribution in [0.1, 0.15) is 0 Å². The first-order valence-electron chi connectivity index (χ1n) is 4.55. The SMILES string of the molecule is CSC1=C(SC)SC(=C2SC(C#N)=C(C#N)S2)S1. The average molecular weight is 347 g/mol. The quantitative estimate of drug-likeness (QED) is 0.677. The summed E-state index contributed by atoms with van der Waals surface area (Å²) in [6.45, 7) is 0. The summed E-state index contributed by atoms with van der Waals surface area (Å²) in [5.41, 5.74) is 0. The van der Waals surface area contributed by atoms with E-state index in [0.29, 0.717) is 9.81 Å². The molecule has 92 valence electrons. The fourth-order valence-corrected chi connectivity index (χ4v) is 8.61. The molecule has 0 aromatic rings. The Bertz CT molecular complexity index is 514. The Labute approximate surface area is 131 Å². The van der Waals surface area contributed by atoms with Gasteiger partial charge in [-0.3, -0.25) is 0 Å². The molecule has 2 rings (SSSR count). The van der Waals surface area contributed by atoms with Gasteiger partial charge >= 0.3 is 0 Å². The molecule has 0 unspecified atom stereocenters. The first kappa shape index (κ1) is 14.7. The predicted molar refractivity (Wildman–Crippen MR) is 89.7 cm³/mol. The van der Waals surface area contributed by atoms with Crippen molar-refractivity contribution < 1.29 is 0 Å². The largest absolute Gasteiger partial charge is 0.192 e. The van der Waals surface area contributed by atoms with Crippen LogP contribution in [-0.2, 0) is 0 Å². The number of hydrogen-bond acceptors (Lipinski definition) is 8. The van der Waals surface area contributed by atoms with E-state index in [1.54, 1.807) is 47.0 Å². The second kappa shape index (κ2) is 6.65. The van der Waals surface area contributed by atoms with Crippen molar-refractivity contribution in [2.75, 3.05) is 12.5 Å². The zero-order valence-corrected chi connectivity index (χ0v) is 14.2. The molecule has 18 heavy (non-hydrogen) atoms. The van der Waals surface area contributed by atoms with E-state index in [2.05, 4.69) is 24.6 Å². The summed E-state index contributed by atoms with van der Waals surface area (Å²) in [6.07, 6.45) is 4.14. The molecule has 0 aromatic carbocycles. The molecule has 2 heterocycles. The van der Waals surface area contributed by atoms with Crippen LogP contribution in [0.25, 0.3) is 0 Å². The maximum Gasteiger partial charge on any atom is 0.115 e. The summed E-state index contributed by atoms with van der Waals surface area (Å²) in [7, 11) is 0. The lowest BCUT2D eigenvalue weighted by molar-refractivity contribution is 1.50. The molecule has 2 aliphatic rings. The van der Waals surface area contributed by atoms with Crippen LogP contribution in [0.3, 0.4) is 0 Å². The monoisotopic (exact) mass is 346 g/mol. The van der Waals surface area contributed by atoms with Crippen LogP contribution in [0, 0.1) is 22.7 Å². The second-order valence-electron chi connectivity index (χ2n) is 2.85. The molecule has 0 bridgehead atoms. The van der Waals surface area contributed by atoms with Crippen molar-refractivity contribution in [3.8, 4) is 12.1 Å². The van der Waals surface area contributed by atoms with Crippen molar-refractivity contribution in [3.63, 3.8) is 0 Å². The van der Waals surface area contributed by atoms with Crippen molar-refractivity contribution in [2.45, 2.75) is 0 Å². The van der Waals surface area contributed by atoms with Crippen LogP contribution < -0.4 is 0 Å². The summed E-state index contributed by atoms with van der Waals surface area (Å²) in [5.74, 6) is 0. The van der Waals surface area contributed by atoms with Gasteiger partial charge in [-0.05, 0) is 12.5 Å². The molecular weight excluding hydrogens is 341 g/mol. The van der Waals surface area contributed by atoms with Gasteiger partial charge in [-0.15, -0.1) is 23.5 Å². The maximum absolute atomic E-state index is 8.98. The molecule has 0 atom stereocenters. The molecule has 2 aliphatic heterocycles. The standard InChI is InChI=1S/C10H6N2S6/c1-13-7-8(14-2)18-10(17-7)9-15-5(3-11)6(4-12)16-9/h1-2H3. The normalized spacial score (nSPS) is 19.6. The highest BCUT2D eigenvalue weighted by molar-refractivity contribution is 8.42. The zero-order valence-electron chi connectivity index (χ0n) is 9.34. The zero-order chi connectivity index (χ0) is 13.1. The van der Waals surface area contributed by atoms with Crippen molar-refractivity contribution in [3.05, 3.63) is 26.8 Å². The highest BCUT2D eigenvalue weighted by atomic mass is 32.3. The van der Waals surface area contributed by atoms with Gasteiger partial charge in [0.15, 0.2) is 0 Å². The molecule has 8 heteroatoms. The lowest BCUT2D eigenvalue weighted by Gasteiger charge is -2.00. The average Bonchev–Trinajstić information content (AvgIpc) is 3.01. The minimum absolute atomic E-state index is 0.523. The Morgan fingerprint density at radius 1 is 0.778 bits per heavy atom. The van der Waals surface area contributed by atoms with Crippen LogP contribution >= 0.6 is 70.6 Å². The number of nitriles is 2. The number of hydrogen-bond donors (Lipinski definition) is 0. The third kappa shape index (κ3) is 2.90. The van der Waals surface area contributed by atoms with Gasteiger partial charge < -0.3 is 0 Å². The highest BCUT2D eigenvalue weighted by Gasteiger charge is 2.29. The first-order valence-corrected chi connectivity index (χ1v) is 10.3. The van der Waals surface area contributed by atoms with E-state index in [1.807, 2.05) is 0 Å². The summed E-state index contributed by atoms with van der Waals surface area (Å²) in [6, 6.07) is 4.18. The van der Waals surface area contributed by atoms with E-state index in [9.17, 15) is 0 Å². The molecule has 0 saturated heterocycles. The summed E-state index contributed by atoms with van der Waals surface area (Å²) >= 11 is 9.81. The second-order valence-corrected chi connectivity index (χ2v) is 9.60. The fourth-order valence-electron chi connectivity index (χ4n) is 1.14. The fraction of sp³-hybridized carbons (Fsp3) is 0.200. The third-order valence-corrected chi connectivity index (χ3v) is 10.0. The van der Waals surface area contributed by atoms with E-state index in [-0.39, 0.29) is 0 Å². The number of allylic oxidation sites excluding steroid dienone is 2. The Morgan fingerprint density at radius 3 is 1.50 bits per heavy atom. The van der Waals surface area contributed by atoms with Gasteiger partial charge in [0.05, 0.1) is 16.9 Å². The van der Waals surface area contributed by atoms with E-state index >= 15 is 0 Å². The molecule has 0 fully saturated rings. The van der Waals surface area contributed by atoms with Gasteiger partial charge in [0.25, 0.3) is 0 Å². The minimum Gasteiger partial charge on any atom is -0.192 e. The van der Waals surface area contributed by atoms with Crippen molar-refractivity contribution in [2.24, 2.45) is 0 Å². The van der Waals surface area contributed by atoms with Crippen molar-refractivity contribution >= 4 is 70.6 Å². The molecule has 0 radical (unpaired) electrons. The van der Waals surface area contributed by atoms with E-state index in [4.69, 9.17) is 10.5 Å². The molecule has 0 amide bonds. The molecule has 0 spiro atoms. The molecule has 2 nitrogen and oxygen atoms in total. The summed E-state index contributed by atoms with van der Waals surface area (Å²) < 4.78 is 4.87. The Hall–Kier alpha value is 0.300. The minimum atomic E-state index is 0.523.